The van der Waals surface area contributed by atoms with Gasteiger partial charge in [0, 0.05) is 31.7 Å². The maximum absolute atomic E-state index is 14.4. The molecular weight excluding hydrogens is 1000 g/mol. The van der Waals surface area contributed by atoms with Crippen LogP contribution >= 0.6 is 11.8 Å². The number of amides is 10. The summed E-state index contributed by atoms with van der Waals surface area (Å²) in [5.74, 6) is -10.2. The number of thioether (sulfide) groups is 1. The van der Waals surface area contributed by atoms with Crippen LogP contribution in [-0.2, 0) is 65.6 Å². The summed E-state index contributed by atoms with van der Waals surface area (Å²) in [6.45, 7) is -0.374. The number of primary amides is 3. The van der Waals surface area contributed by atoms with E-state index in [2.05, 4.69) is 37.2 Å². The number of carbonyl (C=O) groups is 11. The Hall–Kier alpha value is -8.01. The summed E-state index contributed by atoms with van der Waals surface area (Å²) in [5, 5.41) is 43.7. The number of likely N-dealkylation sites (tertiary alicyclic amines) is 1. The largest absolute Gasteiger partial charge is 0.508 e. The second-order valence-corrected chi connectivity index (χ2v) is 18.8. The summed E-state index contributed by atoms with van der Waals surface area (Å²) in [5.41, 5.74) is 28.9. The molecule has 20 N–H and O–H groups in total. The topological polar surface area (TPSA) is 470 Å². The number of nitrogens with zero attached hydrogens (tertiary/aromatic N) is 1. The highest BCUT2D eigenvalue weighted by molar-refractivity contribution is 7.99. The molecule has 75 heavy (non-hydrogen) atoms. The summed E-state index contributed by atoms with van der Waals surface area (Å²) in [6.07, 6.45) is -1.53. The van der Waals surface area contributed by atoms with Gasteiger partial charge in [-0.15, -0.1) is 0 Å². The average molecular weight is 1070 g/mol. The number of rotatable bonds is 33. The predicted molar refractivity (Wildman–Crippen MR) is 272 cm³/mol. The van der Waals surface area contributed by atoms with Crippen molar-refractivity contribution < 1.29 is 63.0 Å². The lowest BCUT2D eigenvalue weighted by molar-refractivity contribution is -0.142. The van der Waals surface area contributed by atoms with Crippen LogP contribution < -0.4 is 65.9 Å². The Labute approximate surface area is 436 Å². The van der Waals surface area contributed by atoms with Crippen molar-refractivity contribution in [2.75, 3.05) is 31.1 Å². The van der Waals surface area contributed by atoms with Gasteiger partial charge in [0.15, 0.2) is 5.96 Å². The molecule has 1 aliphatic rings. The Bertz CT molecular complexity index is 2350. The summed E-state index contributed by atoms with van der Waals surface area (Å²) in [4.78, 5) is 145. The van der Waals surface area contributed by atoms with Crippen LogP contribution in [0.3, 0.4) is 0 Å². The summed E-state index contributed by atoms with van der Waals surface area (Å²) >= 11 is 1.14. The molecule has 0 saturated carbocycles. The molecule has 0 aliphatic carbocycles. The van der Waals surface area contributed by atoms with Crippen LogP contribution in [0.15, 0.2) is 54.6 Å². The smallest absolute Gasteiger partial charge is 0.304 e. The van der Waals surface area contributed by atoms with Crippen molar-refractivity contribution in [3.05, 3.63) is 65.7 Å². The highest BCUT2D eigenvalue weighted by atomic mass is 32.2. The van der Waals surface area contributed by atoms with Crippen LogP contribution in [0, 0.1) is 5.41 Å². The number of carbonyl (C=O) groups excluding carboxylic acids is 10. The minimum Gasteiger partial charge on any atom is -0.508 e. The summed E-state index contributed by atoms with van der Waals surface area (Å²) in [6, 6.07) is 4.60. The normalized spacial score (nSPS) is 15.3. The Balaban J connectivity index is 1.89. The number of aromatic hydroxyl groups is 1. The fraction of sp³-hybridized carbons (Fsp3) is 0.489. The van der Waals surface area contributed by atoms with Crippen molar-refractivity contribution in [2.24, 2.45) is 28.7 Å². The Morgan fingerprint density at radius 1 is 0.640 bits per heavy atom. The van der Waals surface area contributed by atoms with E-state index in [0.717, 1.165) is 11.8 Å². The first-order valence-corrected chi connectivity index (χ1v) is 25.1. The molecule has 0 bridgehead atoms. The molecule has 1 fully saturated rings. The molecule has 27 nitrogen and oxygen atoms in total. The fourth-order valence-electron chi connectivity index (χ4n) is 7.69. The van der Waals surface area contributed by atoms with Crippen molar-refractivity contribution in [3.8, 4) is 5.75 Å². The highest BCUT2D eigenvalue weighted by Crippen LogP contribution is 2.21. The van der Waals surface area contributed by atoms with Crippen LogP contribution in [0.5, 0.6) is 5.75 Å². The molecule has 410 valence electrons. The van der Waals surface area contributed by atoms with Gasteiger partial charge in [-0.2, -0.15) is 11.8 Å². The molecule has 3 rings (SSSR count). The number of guanidine groups is 1. The maximum atomic E-state index is 14.4. The molecule has 7 atom stereocenters. The highest BCUT2D eigenvalue weighted by Gasteiger charge is 2.40. The Morgan fingerprint density at radius 2 is 1.24 bits per heavy atom. The third-order valence-corrected chi connectivity index (χ3v) is 12.5. The molecule has 2 aromatic rings. The van der Waals surface area contributed by atoms with E-state index in [0.29, 0.717) is 17.5 Å². The average Bonchev–Trinajstić information content (AvgIpc) is 3.85. The lowest BCUT2D eigenvalue weighted by Gasteiger charge is -2.31. The number of hydrogen-bond acceptors (Lipinski definition) is 15. The fourth-order valence-corrected chi connectivity index (χ4v) is 8.61. The quantitative estimate of drug-likeness (QED) is 0.0182. The number of aliphatic carboxylic acids is 1. The van der Waals surface area contributed by atoms with Crippen molar-refractivity contribution in [2.45, 2.75) is 113 Å². The second-order valence-electron chi connectivity index (χ2n) is 17.5. The number of carboxylic acid groups (broad SMARTS) is 1. The number of carboxylic acids is 1. The number of nitrogens with one attached hydrogen (secondary N) is 8. The van der Waals surface area contributed by atoms with E-state index >= 15 is 0 Å². The third-order valence-electron chi connectivity index (χ3n) is 11.5. The van der Waals surface area contributed by atoms with E-state index in [1.807, 2.05) is 0 Å². The van der Waals surface area contributed by atoms with E-state index in [4.69, 9.17) is 39.2 Å². The molecule has 10 amide bonds. The van der Waals surface area contributed by atoms with E-state index in [-0.39, 0.29) is 81.3 Å². The molecule has 1 aliphatic heterocycles. The van der Waals surface area contributed by atoms with Gasteiger partial charge in [0.1, 0.15) is 42.0 Å². The lowest BCUT2D eigenvalue weighted by atomic mass is 10.0. The van der Waals surface area contributed by atoms with Gasteiger partial charge in [-0.25, -0.2) is 0 Å². The number of benzene rings is 2. The zero-order valence-corrected chi connectivity index (χ0v) is 42.0. The zero-order chi connectivity index (χ0) is 55.6. The van der Waals surface area contributed by atoms with Gasteiger partial charge < -0.3 is 81.0 Å². The molecule has 0 aromatic heterocycles. The minimum atomic E-state index is -1.81. The number of phenolic OH excluding ortho intramolecular Hbond substituents is 1. The van der Waals surface area contributed by atoms with Crippen LogP contribution in [0.25, 0.3) is 0 Å². The van der Waals surface area contributed by atoms with Crippen molar-refractivity contribution in [1.82, 2.24) is 42.1 Å². The minimum absolute atomic E-state index is 0.00237. The molecular formula is C47H68N14O13S. The first-order chi connectivity index (χ1) is 35.5. The SMILES string of the molecule is N=C(N)NCCC[C@@H](NC(=O)[C@@H]1CCCN1C(=O)[C@H](CCSCCC(=O)O)NC(=O)[C@H](CC(N)=O)NC(=O)[C@H](CCC(N)=O)NC(=O)[C@H](Cc1ccccc1)NC(=O)[C@@H](N)Cc1ccc(O)cc1)C(=O)NCC(N)=O. The van der Waals surface area contributed by atoms with Gasteiger partial charge in [0.05, 0.1) is 25.4 Å². The Kier molecular flexibility index (Phi) is 25.8. The van der Waals surface area contributed by atoms with Gasteiger partial charge in [0.2, 0.25) is 59.1 Å². The van der Waals surface area contributed by atoms with E-state index in [9.17, 15) is 57.8 Å². The molecule has 0 radical (unpaired) electrons. The van der Waals surface area contributed by atoms with Crippen LogP contribution in [-0.4, -0.2) is 160 Å². The first kappa shape index (κ1) is 61.3. The predicted octanol–water partition coefficient (Wildman–Crippen LogP) is -4.48. The number of hydrogen-bond donors (Lipinski definition) is 15. The van der Waals surface area contributed by atoms with Crippen molar-refractivity contribution in [1.29, 1.82) is 5.41 Å². The van der Waals surface area contributed by atoms with E-state index in [1.165, 1.54) is 17.0 Å². The second kappa shape index (κ2) is 31.6. The molecule has 28 heteroatoms. The maximum Gasteiger partial charge on any atom is 0.304 e. The molecule has 1 saturated heterocycles. The van der Waals surface area contributed by atoms with Crippen LogP contribution in [0.1, 0.15) is 68.9 Å². The van der Waals surface area contributed by atoms with Crippen molar-refractivity contribution >= 4 is 82.8 Å². The zero-order valence-electron chi connectivity index (χ0n) is 41.2. The lowest BCUT2D eigenvalue weighted by Crippen LogP contribution is -2.60. The van der Waals surface area contributed by atoms with Gasteiger partial charge in [-0.3, -0.25) is 58.1 Å². The Morgan fingerprint density at radius 3 is 1.87 bits per heavy atom. The molecule has 2 aromatic carbocycles. The monoisotopic (exact) mass is 1070 g/mol. The van der Waals surface area contributed by atoms with Gasteiger partial charge in [0.25, 0.3) is 0 Å². The summed E-state index contributed by atoms with van der Waals surface area (Å²) in [7, 11) is 0. The standard InChI is InChI=1S/C47H68N14O13S/c48-29(22-27-10-12-28(62)13-11-27)40(68)59-33(23-26-6-2-1-3-7-26)43(71)56-31(14-15-36(49)63)42(70)60-34(24-37(50)64)44(72)58-32(16-20-75-21-17-39(66)67)46(74)61-19-5-9-35(61)45(73)57-30(8-4-18-54-47(52)53)41(69)55-25-38(51)65/h1-3,6-7,10-13,29-35,62H,4-5,8-9,14-25,48H2,(H2,49,63)(H2,50,64)(H2,51,65)(H,55,69)(H,56,71)(H,57,73)(H,58,72)(H,59,68)(H,60,70)(H,66,67)(H4,52,53,54)/t29-,30+,31-,32-,33-,34-,35-/m0/s1. The molecule has 0 spiro atoms. The van der Waals surface area contributed by atoms with Gasteiger partial charge in [-0.05, 0) is 74.0 Å². The van der Waals surface area contributed by atoms with Gasteiger partial charge in [-0.1, -0.05) is 42.5 Å². The molecule has 1 heterocycles. The summed E-state index contributed by atoms with van der Waals surface area (Å²) < 4.78 is 0. The number of phenols is 1. The third kappa shape index (κ3) is 22.7. The van der Waals surface area contributed by atoms with Crippen LogP contribution in [0.2, 0.25) is 0 Å². The van der Waals surface area contributed by atoms with E-state index in [1.54, 1.807) is 42.5 Å². The first-order valence-electron chi connectivity index (χ1n) is 23.9. The molecule has 0 unspecified atom stereocenters. The van der Waals surface area contributed by atoms with Gasteiger partial charge >= 0.3 is 5.97 Å². The van der Waals surface area contributed by atoms with Crippen molar-refractivity contribution in [3.63, 3.8) is 0 Å². The van der Waals surface area contributed by atoms with Crippen LogP contribution in [0.4, 0.5) is 0 Å². The number of nitrogens with two attached hydrogens (primary N) is 5. The van der Waals surface area contributed by atoms with E-state index < -0.39 is 133 Å².